The van der Waals surface area contributed by atoms with Gasteiger partial charge in [-0.2, -0.15) is 0 Å². The molecule has 0 unspecified atom stereocenters. The van der Waals surface area contributed by atoms with Crippen LogP contribution in [0.5, 0.6) is 5.75 Å². The minimum Gasteiger partial charge on any atom is -0.508 e. The lowest BCUT2D eigenvalue weighted by Gasteiger charge is -2.05. The van der Waals surface area contributed by atoms with E-state index in [9.17, 15) is 9.90 Å². The third kappa shape index (κ3) is 3.05. The van der Waals surface area contributed by atoms with E-state index in [0.29, 0.717) is 13.0 Å². The van der Waals surface area contributed by atoms with E-state index in [1.807, 2.05) is 30.5 Å². The maximum Gasteiger partial charge on any atom is 0.224 e. The first kappa shape index (κ1) is 13.2. The van der Waals surface area contributed by atoms with E-state index in [2.05, 4.69) is 10.3 Å². The van der Waals surface area contributed by atoms with Crippen molar-refractivity contribution in [1.29, 1.82) is 0 Å². The number of rotatable bonds is 4. The Morgan fingerprint density at radius 2 is 1.86 bits per heavy atom. The second-order valence-corrected chi connectivity index (χ2v) is 4.98. The van der Waals surface area contributed by atoms with Crippen LogP contribution in [0, 0.1) is 0 Å². The highest BCUT2D eigenvalue weighted by atomic mass is 16.3. The molecule has 1 aromatic heterocycles. The number of phenolic OH excluding ortho intramolecular Hbond substituents is 1. The zero-order valence-electron chi connectivity index (χ0n) is 11.5. The summed E-state index contributed by atoms with van der Waals surface area (Å²) in [5, 5.41) is 13.2. The van der Waals surface area contributed by atoms with Crippen molar-refractivity contribution in [2.75, 3.05) is 0 Å². The first-order valence-corrected chi connectivity index (χ1v) is 6.82. The molecule has 1 heterocycles. The van der Waals surface area contributed by atoms with E-state index in [1.165, 1.54) is 0 Å². The third-order valence-electron chi connectivity index (χ3n) is 3.45. The number of aromatic nitrogens is 1. The molecule has 0 saturated heterocycles. The zero-order chi connectivity index (χ0) is 14.7. The molecular formula is C17H16N2O2. The third-order valence-corrected chi connectivity index (χ3v) is 3.45. The maximum absolute atomic E-state index is 12.0. The molecule has 106 valence electrons. The molecule has 1 amide bonds. The standard InChI is InChI=1S/C17H16N2O2/c20-14-7-5-12(6-8-14)10-19-17(21)9-13-11-18-16-4-2-1-3-15(13)16/h1-8,11,18,20H,9-10H2,(H,19,21). The maximum atomic E-state index is 12.0. The number of H-pyrrole nitrogens is 1. The van der Waals surface area contributed by atoms with Crippen LogP contribution in [-0.2, 0) is 17.8 Å². The Bertz CT molecular complexity index is 760. The van der Waals surface area contributed by atoms with Gasteiger partial charge in [-0.15, -0.1) is 0 Å². The fraction of sp³-hybridized carbons (Fsp3) is 0.118. The van der Waals surface area contributed by atoms with Crippen molar-refractivity contribution in [1.82, 2.24) is 10.3 Å². The molecule has 0 aliphatic rings. The van der Waals surface area contributed by atoms with Crippen LogP contribution in [0.3, 0.4) is 0 Å². The Kier molecular flexibility index (Phi) is 3.60. The van der Waals surface area contributed by atoms with Gasteiger partial charge in [0.1, 0.15) is 5.75 Å². The van der Waals surface area contributed by atoms with Crippen LogP contribution in [-0.4, -0.2) is 16.0 Å². The number of para-hydroxylation sites is 1. The number of carbonyl (C=O) groups is 1. The van der Waals surface area contributed by atoms with E-state index >= 15 is 0 Å². The van der Waals surface area contributed by atoms with Crippen LogP contribution < -0.4 is 5.32 Å². The molecule has 0 saturated carbocycles. The molecule has 3 N–H and O–H groups in total. The highest BCUT2D eigenvalue weighted by Gasteiger charge is 2.08. The Hall–Kier alpha value is -2.75. The average molecular weight is 280 g/mol. The highest BCUT2D eigenvalue weighted by Crippen LogP contribution is 2.18. The Morgan fingerprint density at radius 3 is 2.67 bits per heavy atom. The van der Waals surface area contributed by atoms with Gasteiger partial charge in [0.2, 0.25) is 5.91 Å². The summed E-state index contributed by atoms with van der Waals surface area (Å²) in [6, 6.07) is 14.7. The van der Waals surface area contributed by atoms with E-state index in [1.54, 1.807) is 24.3 Å². The minimum atomic E-state index is -0.0205. The summed E-state index contributed by atoms with van der Waals surface area (Å²) in [4.78, 5) is 15.2. The number of hydrogen-bond donors (Lipinski definition) is 3. The predicted octanol–water partition coefficient (Wildman–Crippen LogP) is 2.73. The van der Waals surface area contributed by atoms with Gasteiger partial charge >= 0.3 is 0 Å². The van der Waals surface area contributed by atoms with Crippen molar-refractivity contribution < 1.29 is 9.90 Å². The van der Waals surface area contributed by atoms with Crippen LogP contribution in [0.25, 0.3) is 10.9 Å². The zero-order valence-corrected chi connectivity index (χ0v) is 11.5. The second kappa shape index (κ2) is 5.71. The monoisotopic (exact) mass is 280 g/mol. The number of benzene rings is 2. The lowest BCUT2D eigenvalue weighted by molar-refractivity contribution is -0.120. The topological polar surface area (TPSA) is 65.1 Å². The first-order chi connectivity index (χ1) is 10.2. The van der Waals surface area contributed by atoms with Crippen molar-refractivity contribution >= 4 is 16.8 Å². The van der Waals surface area contributed by atoms with Gasteiger partial charge in [0.15, 0.2) is 0 Å². The van der Waals surface area contributed by atoms with E-state index in [4.69, 9.17) is 0 Å². The van der Waals surface area contributed by atoms with Crippen LogP contribution in [0.1, 0.15) is 11.1 Å². The molecule has 0 atom stereocenters. The molecule has 21 heavy (non-hydrogen) atoms. The summed E-state index contributed by atoms with van der Waals surface area (Å²) in [5.41, 5.74) is 2.99. The molecule has 0 aliphatic heterocycles. The summed E-state index contributed by atoms with van der Waals surface area (Å²) in [6.45, 7) is 0.460. The van der Waals surface area contributed by atoms with E-state index < -0.39 is 0 Å². The van der Waals surface area contributed by atoms with Gasteiger partial charge in [-0.3, -0.25) is 4.79 Å². The second-order valence-electron chi connectivity index (χ2n) is 4.98. The molecule has 4 heteroatoms. The molecule has 3 rings (SSSR count). The van der Waals surface area contributed by atoms with Crippen LogP contribution in [0.15, 0.2) is 54.7 Å². The van der Waals surface area contributed by atoms with E-state index in [0.717, 1.165) is 22.0 Å². The lowest BCUT2D eigenvalue weighted by Crippen LogP contribution is -2.24. The summed E-state index contributed by atoms with van der Waals surface area (Å²) < 4.78 is 0. The predicted molar refractivity (Wildman–Crippen MR) is 82.0 cm³/mol. The van der Waals surface area contributed by atoms with Crippen molar-refractivity contribution in [2.24, 2.45) is 0 Å². The number of nitrogens with one attached hydrogen (secondary N) is 2. The van der Waals surface area contributed by atoms with E-state index in [-0.39, 0.29) is 11.7 Å². The minimum absolute atomic E-state index is 0.0205. The first-order valence-electron chi connectivity index (χ1n) is 6.82. The van der Waals surface area contributed by atoms with Crippen molar-refractivity contribution in [3.63, 3.8) is 0 Å². The fourth-order valence-electron chi connectivity index (χ4n) is 2.33. The van der Waals surface area contributed by atoms with Crippen LogP contribution in [0.4, 0.5) is 0 Å². The van der Waals surface area contributed by atoms with Crippen LogP contribution in [0.2, 0.25) is 0 Å². The van der Waals surface area contributed by atoms with Gasteiger partial charge in [0, 0.05) is 23.6 Å². The Labute approximate surface area is 122 Å². The number of phenols is 1. The van der Waals surface area contributed by atoms with Crippen LogP contribution >= 0.6 is 0 Å². The molecular weight excluding hydrogens is 264 g/mol. The number of aromatic amines is 1. The molecule has 0 fully saturated rings. The molecule has 3 aromatic rings. The Morgan fingerprint density at radius 1 is 1.10 bits per heavy atom. The quantitative estimate of drug-likeness (QED) is 0.688. The molecule has 0 spiro atoms. The Balaban J connectivity index is 1.62. The van der Waals surface area contributed by atoms with Gasteiger partial charge in [-0.1, -0.05) is 30.3 Å². The number of aromatic hydroxyl groups is 1. The number of fused-ring (bicyclic) bond motifs is 1. The van der Waals surface area contributed by atoms with Crippen molar-refractivity contribution in [3.8, 4) is 5.75 Å². The molecule has 2 aromatic carbocycles. The van der Waals surface area contributed by atoms with Crippen molar-refractivity contribution in [2.45, 2.75) is 13.0 Å². The molecule has 0 aliphatic carbocycles. The highest BCUT2D eigenvalue weighted by molar-refractivity contribution is 5.88. The largest absolute Gasteiger partial charge is 0.508 e. The number of amides is 1. The van der Waals surface area contributed by atoms with Gasteiger partial charge in [-0.05, 0) is 29.3 Å². The SMILES string of the molecule is O=C(Cc1c[nH]c2ccccc12)NCc1ccc(O)cc1. The summed E-state index contributed by atoms with van der Waals surface area (Å²) in [7, 11) is 0. The molecule has 0 bridgehead atoms. The fourth-order valence-corrected chi connectivity index (χ4v) is 2.33. The van der Waals surface area contributed by atoms with Gasteiger partial charge in [0.25, 0.3) is 0 Å². The summed E-state index contributed by atoms with van der Waals surface area (Å²) in [6.07, 6.45) is 2.23. The van der Waals surface area contributed by atoms with Gasteiger partial charge < -0.3 is 15.4 Å². The number of hydrogen-bond acceptors (Lipinski definition) is 2. The normalized spacial score (nSPS) is 10.7. The van der Waals surface area contributed by atoms with Gasteiger partial charge in [0.05, 0.1) is 6.42 Å². The van der Waals surface area contributed by atoms with Gasteiger partial charge in [-0.25, -0.2) is 0 Å². The summed E-state index contributed by atoms with van der Waals surface area (Å²) in [5.74, 6) is 0.205. The lowest BCUT2D eigenvalue weighted by atomic mass is 10.1. The average Bonchev–Trinajstić information content (AvgIpc) is 2.90. The smallest absolute Gasteiger partial charge is 0.224 e. The molecule has 4 nitrogen and oxygen atoms in total. The molecule has 0 radical (unpaired) electrons. The number of carbonyl (C=O) groups excluding carboxylic acids is 1. The summed E-state index contributed by atoms with van der Waals surface area (Å²) >= 11 is 0. The van der Waals surface area contributed by atoms with Crippen molar-refractivity contribution in [3.05, 3.63) is 65.9 Å².